The Morgan fingerprint density at radius 3 is 0.919 bits per heavy atom. The molecule has 4 rings (SSSR count). The molecule has 2 aromatic carbocycles. The number of fused-ring (bicyclic) bond motifs is 2. The van der Waals surface area contributed by atoms with Crippen molar-refractivity contribution >= 4 is 66.2 Å². The second kappa shape index (κ2) is 31.1. The Morgan fingerprint density at radius 1 is 0.387 bits per heavy atom. The number of amides is 2. The molecule has 0 bridgehead atoms. The van der Waals surface area contributed by atoms with E-state index < -0.39 is 0 Å². The van der Waals surface area contributed by atoms with Crippen LogP contribution in [0.25, 0.3) is 11.1 Å². The standard InChI is InChI=1S/C56H88Br2N2O2/c1-5-9-13-17-21-23-27-31-35-45(33-29-25-19-15-11-7-3)43-59-51-41-47(57)37-39-49(51)53(55(59)61)54-50-40-38-48(58)42-52(50)60(56(54)62)44-46(34-30-26-20-16-12-8-4)36-32-28-24-22-18-14-10-6-2/h37-42,45-46H,5-36,43-44H2,1-4H3/b54-53-. The normalized spacial score (nSPS) is 15.8. The van der Waals surface area contributed by atoms with Crippen LogP contribution in [-0.4, -0.2) is 24.9 Å². The van der Waals surface area contributed by atoms with Crippen molar-refractivity contribution in [3.63, 3.8) is 0 Å². The molecule has 0 saturated heterocycles. The number of nitrogens with zero attached hydrogens (tertiary/aromatic N) is 2. The molecule has 0 saturated carbocycles. The molecule has 0 radical (unpaired) electrons. The highest BCUT2D eigenvalue weighted by atomic mass is 79.9. The minimum atomic E-state index is 0.00334. The highest BCUT2D eigenvalue weighted by molar-refractivity contribution is 9.10. The first-order valence-corrected chi connectivity index (χ1v) is 27.9. The van der Waals surface area contributed by atoms with Crippen molar-refractivity contribution in [2.45, 2.75) is 233 Å². The fourth-order valence-electron chi connectivity index (χ4n) is 10.2. The van der Waals surface area contributed by atoms with E-state index in [4.69, 9.17) is 0 Å². The molecule has 6 heteroatoms. The first-order valence-electron chi connectivity index (χ1n) is 26.3. The number of hydrogen-bond donors (Lipinski definition) is 0. The Kier molecular flexibility index (Phi) is 26.4. The minimum Gasteiger partial charge on any atom is -0.307 e. The summed E-state index contributed by atoms with van der Waals surface area (Å²) in [5, 5.41) is 0. The number of anilines is 2. The molecule has 0 aliphatic carbocycles. The number of carbonyl (C=O) groups is 2. The third-order valence-electron chi connectivity index (χ3n) is 14.0. The maximum atomic E-state index is 15.1. The highest BCUT2D eigenvalue weighted by Gasteiger charge is 2.43. The Balaban J connectivity index is 1.57. The molecular weight excluding hydrogens is 892 g/mol. The summed E-state index contributed by atoms with van der Waals surface area (Å²) >= 11 is 7.53. The van der Waals surface area contributed by atoms with Crippen LogP contribution >= 0.6 is 31.9 Å². The SMILES string of the molecule is CCCCCCCCCCC(CCCCCCCC)CN1C(=O)/C(=C2\C(=O)N(CC(CCCCCCCC)CCCCCCCCCC)c3cc(Br)ccc32)c2ccc(Br)cc21. The molecule has 2 aromatic rings. The third kappa shape index (κ3) is 17.5. The van der Waals surface area contributed by atoms with Gasteiger partial charge in [0.2, 0.25) is 0 Å². The molecule has 0 spiro atoms. The summed E-state index contributed by atoms with van der Waals surface area (Å²) in [7, 11) is 0. The number of benzene rings is 2. The zero-order chi connectivity index (χ0) is 44.4. The molecule has 2 amide bonds. The Hall–Kier alpha value is -1.92. The van der Waals surface area contributed by atoms with Crippen molar-refractivity contribution in [1.29, 1.82) is 0 Å². The highest BCUT2D eigenvalue weighted by Crippen LogP contribution is 2.48. The largest absolute Gasteiger partial charge is 0.307 e. The molecule has 0 fully saturated rings. The van der Waals surface area contributed by atoms with Gasteiger partial charge in [-0.25, -0.2) is 0 Å². The number of rotatable bonds is 36. The molecule has 348 valence electrons. The fraction of sp³-hybridized carbons (Fsp3) is 0.714. The minimum absolute atomic E-state index is 0.00334. The van der Waals surface area contributed by atoms with E-state index in [0.29, 0.717) is 36.1 Å². The Labute approximate surface area is 397 Å². The van der Waals surface area contributed by atoms with Gasteiger partial charge in [-0.2, -0.15) is 0 Å². The molecule has 2 unspecified atom stereocenters. The van der Waals surface area contributed by atoms with Crippen LogP contribution in [0.15, 0.2) is 45.3 Å². The van der Waals surface area contributed by atoms with E-state index in [2.05, 4.69) is 93.6 Å². The van der Waals surface area contributed by atoms with Gasteiger partial charge >= 0.3 is 0 Å². The molecule has 2 heterocycles. The van der Waals surface area contributed by atoms with Crippen molar-refractivity contribution in [2.75, 3.05) is 22.9 Å². The summed E-state index contributed by atoms with van der Waals surface area (Å²) < 4.78 is 1.94. The van der Waals surface area contributed by atoms with Crippen LogP contribution < -0.4 is 9.80 Å². The van der Waals surface area contributed by atoms with Crippen molar-refractivity contribution in [3.8, 4) is 0 Å². The van der Waals surface area contributed by atoms with Gasteiger partial charge in [-0.3, -0.25) is 9.59 Å². The number of hydrogen-bond acceptors (Lipinski definition) is 2. The summed E-state index contributed by atoms with van der Waals surface area (Å²) in [6.45, 7) is 10.6. The molecule has 2 atom stereocenters. The Bertz CT molecular complexity index is 1500. The van der Waals surface area contributed by atoms with Gasteiger partial charge in [0.1, 0.15) is 0 Å². The second-order valence-corrected chi connectivity index (χ2v) is 21.1. The molecule has 62 heavy (non-hydrogen) atoms. The average Bonchev–Trinajstić information content (AvgIpc) is 3.68. The lowest BCUT2D eigenvalue weighted by atomic mass is 9.93. The predicted molar refractivity (Wildman–Crippen MR) is 277 cm³/mol. The van der Waals surface area contributed by atoms with Gasteiger partial charge in [0.25, 0.3) is 11.8 Å². The van der Waals surface area contributed by atoms with E-state index in [9.17, 15) is 0 Å². The number of carbonyl (C=O) groups excluding carboxylic acids is 2. The van der Waals surface area contributed by atoms with Crippen molar-refractivity contribution in [3.05, 3.63) is 56.5 Å². The average molecular weight is 981 g/mol. The van der Waals surface area contributed by atoms with Crippen LogP contribution in [0.4, 0.5) is 11.4 Å². The fourth-order valence-corrected chi connectivity index (χ4v) is 10.9. The lowest BCUT2D eigenvalue weighted by molar-refractivity contribution is -0.114. The van der Waals surface area contributed by atoms with Crippen molar-refractivity contribution in [2.24, 2.45) is 11.8 Å². The van der Waals surface area contributed by atoms with E-state index in [1.165, 1.54) is 180 Å². The quantitative estimate of drug-likeness (QED) is 0.0504. The lowest BCUT2D eigenvalue weighted by Crippen LogP contribution is -2.34. The molecule has 2 aliphatic rings. The van der Waals surface area contributed by atoms with E-state index in [1.54, 1.807) is 0 Å². The van der Waals surface area contributed by atoms with Gasteiger partial charge in [-0.1, -0.05) is 251 Å². The van der Waals surface area contributed by atoms with E-state index in [-0.39, 0.29) is 11.8 Å². The van der Waals surface area contributed by atoms with Gasteiger partial charge in [0.15, 0.2) is 0 Å². The number of halogens is 2. The van der Waals surface area contributed by atoms with Crippen LogP contribution in [0.1, 0.15) is 244 Å². The van der Waals surface area contributed by atoms with Crippen molar-refractivity contribution < 1.29 is 9.59 Å². The summed E-state index contributed by atoms with van der Waals surface area (Å²) in [4.78, 5) is 34.3. The summed E-state index contributed by atoms with van der Waals surface area (Å²) in [5.74, 6) is 0.895. The maximum Gasteiger partial charge on any atom is 0.259 e. The summed E-state index contributed by atoms with van der Waals surface area (Å²) in [5.41, 5.74) is 4.93. The molecule has 4 nitrogen and oxygen atoms in total. The van der Waals surface area contributed by atoms with Crippen LogP contribution in [0.5, 0.6) is 0 Å². The molecule has 0 N–H and O–H groups in total. The lowest BCUT2D eigenvalue weighted by Gasteiger charge is -2.25. The molecule has 0 aromatic heterocycles. The second-order valence-electron chi connectivity index (χ2n) is 19.3. The molecule has 2 aliphatic heterocycles. The van der Waals surface area contributed by atoms with Gasteiger partial charge in [-0.15, -0.1) is 0 Å². The first kappa shape index (κ1) is 52.7. The Morgan fingerprint density at radius 2 is 0.645 bits per heavy atom. The molecular formula is C56H88Br2N2O2. The third-order valence-corrected chi connectivity index (χ3v) is 14.9. The number of unbranched alkanes of at least 4 members (excludes halogenated alkanes) is 24. The van der Waals surface area contributed by atoms with Gasteiger partial charge in [0, 0.05) is 33.2 Å². The smallest absolute Gasteiger partial charge is 0.259 e. The topological polar surface area (TPSA) is 40.6 Å². The van der Waals surface area contributed by atoms with Crippen LogP contribution in [-0.2, 0) is 9.59 Å². The van der Waals surface area contributed by atoms with Gasteiger partial charge < -0.3 is 9.80 Å². The van der Waals surface area contributed by atoms with Gasteiger partial charge in [-0.05, 0) is 61.8 Å². The summed E-state index contributed by atoms with van der Waals surface area (Å²) in [6, 6.07) is 12.5. The maximum absolute atomic E-state index is 15.1. The van der Waals surface area contributed by atoms with E-state index in [1.807, 2.05) is 12.1 Å². The van der Waals surface area contributed by atoms with Crippen LogP contribution in [0, 0.1) is 11.8 Å². The zero-order valence-corrected chi connectivity index (χ0v) is 43.3. The predicted octanol–water partition coefficient (Wildman–Crippen LogP) is 18.6. The van der Waals surface area contributed by atoms with Crippen molar-refractivity contribution in [1.82, 2.24) is 0 Å². The van der Waals surface area contributed by atoms with E-state index >= 15 is 9.59 Å². The van der Waals surface area contributed by atoms with Crippen LogP contribution in [0.3, 0.4) is 0 Å². The van der Waals surface area contributed by atoms with E-state index in [0.717, 1.165) is 57.1 Å². The monoisotopic (exact) mass is 979 g/mol. The first-order chi connectivity index (χ1) is 30.3. The van der Waals surface area contributed by atoms with Crippen LogP contribution in [0.2, 0.25) is 0 Å². The summed E-state index contributed by atoms with van der Waals surface area (Å²) in [6.07, 6.45) is 41.1. The van der Waals surface area contributed by atoms with Gasteiger partial charge in [0.05, 0.1) is 22.5 Å². The zero-order valence-electron chi connectivity index (χ0n) is 40.1.